The van der Waals surface area contributed by atoms with E-state index in [-0.39, 0.29) is 18.3 Å². The Morgan fingerprint density at radius 3 is 2.61 bits per heavy atom. The van der Waals surface area contributed by atoms with Crippen molar-refractivity contribution in [1.82, 2.24) is 0 Å². The van der Waals surface area contributed by atoms with Crippen LogP contribution >= 0.6 is 0 Å². The van der Waals surface area contributed by atoms with Crippen molar-refractivity contribution < 1.29 is 28.5 Å². The molecule has 4 unspecified atom stereocenters. The summed E-state index contributed by atoms with van der Waals surface area (Å²) in [6.45, 7) is 3.64. The highest BCUT2D eigenvalue weighted by Crippen LogP contribution is 2.38. The molecular formula is C12H18O6. The molecule has 0 aromatic heterocycles. The minimum atomic E-state index is -0.677. The molecule has 0 aliphatic carbocycles. The lowest BCUT2D eigenvalue weighted by molar-refractivity contribution is -0.210. The van der Waals surface area contributed by atoms with Gasteiger partial charge in [-0.2, -0.15) is 0 Å². The summed E-state index contributed by atoms with van der Waals surface area (Å²) < 4.78 is 26.8. The molecule has 0 spiro atoms. The summed E-state index contributed by atoms with van der Waals surface area (Å²) in [4.78, 5) is 11.0. The monoisotopic (exact) mass is 258 g/mol. The quantitative estimate of drug-likeness (QED) is 0.546. The number of methoxy groups -OCH3 is 2. The van der Waals surface area contributed by atoms with Crippen molar-refractivity contribution in [1.29, 1.82) is 0 Å². The number of carbonyl (C=O) groups is 1. The highest BCUT2D eigenvalue weighted by molar-refractivity contribution is 5.81. The van der Waals surface area contributed by atoms with Crippen molar-refractivity contribution in [2.24, 2.45) is 0 Å². The maximum absolute atomic E-state index is 11.0. The number of hydrogen-bond acceptors (Lipinski definition) is 6. The van der Waals surface area contributed by atoms with Gasteiger partial charge in [0.05, 0.1) is 7.11 Å². The minimum Gasteiger partial charge on any atom is -0.466 e. The molecule has 2 saturated heterocycles. The highest BCUT2D eigenvalue weighted by atomic mass is 16.8. The van der Waals surface area contributed by atoms with Gasteiger partial charge in [-0.25, -0.2) is 4.79 Å². The van der Waals surface area contributed by atoms with Crippen molar-refractivity contribution in [2.75, 3.05) is 14.2 Å². The molecule has 0 aromatic rings. The minimum absolute atomic E-state index is 0.294. The summed E-state index contributed by atoms with van der Waals surface area (Å²) in [5.74, 6) is -1.11. The third-order valence-corrected chi connectivity index (χ3v) is 2.92. The molecule has 18 heavy (non-hydrogen) atoms. The van der Waals surface area contributed by atoms with Gasteiger partial charge in [-0.05, 0) is 19.9 Å². The number of rotatable bonds is 3. The smallest absolute Gasteiger partial charge is 0.330 e. The second kappa shape index (κ2) is 4.97. The van der Waals surface area contributed by atoms with E-state index in [4.69, 9.17) is 18.9 Å². The van der Waals surface area contributed by atoms with Crippen LogP contribution in [0.5, 0.6) is 0 Å². The molecule has 4 atom stereocenters. The number of esters is 1. The molecule has 0 radical (unpaired) electrons. The largest absolute Gasteiger partial charge is 0.466 e. The molecule has 2 heterocycles. The summed E-state index contributed by atoms with van der Waals surface area (Å²) in [5.41, 5.74) is 0. The molecule has 2 aliphatic rings. The molecule has 6 heteroatoms. The fourth-order valence-corrected chi connectivity index (χ4v) is 2.17. The van der Waals surface area contributed by atoms with E-state index >= 15 is 0 Å². The van der Waals surface area contributed by atoms with Gasteiger partial charge in [0.25, 0.3) is 0 Å². The van der Waals surface area contributed by atoms with Crippen LogP contribution in [-0.4, -0.2) is 50.6 Å². The summed E-state index contributed by atoms with van der Waals surface area (Å²) >= 11 is 0. The SMILES string of the molecule is COC(=O)/C=C/C1OC2OC(C)(C)OC2C1OC. The van der Waals surface area contributed by atoms with Gasteiger partial charge in [0.15, 0.2) is 12.1 Å². The van der Waals surface area contributed by atoms with Crippen LogP contribution in [-0.2, 0) is 28.5 Å². The standard InChI is InChI=1S/C12H18O6/c1-12(2)17-10-9(15-4)7(16-11(10)18-12)5-6-8(13)14-3/h5-7,9-11H,1-4H3/b6-5+. The van der Waals surface area contributed by atoms with Gasteiger partial charge in [-0.15, -0.1) is 0 Å². The Balaban J connectivity index is 2.04. The lowest BCUT2D eigenvalue weighted by Crippen LogP contribution is -2.35. The summed E-state index contributed by atoms with van der Waals surface area (Å²) in [5, 5.41) is 0. The molecule has 0 N–H and O–H groups in total. The van der Waals surface area contributed by atoms with Crippen LogP contribution in [0.1, 0.15) is 13.8 Å². The van der Waals surface area contributed by atoms with E-state index < -0.39 is 18.0 Å². The molecule has 0 aromatic carbocycles. The third kappa shape index (κ3) is 2.56. The average Bonchev–Trinajstić information content (AvgIpc) is 2.76. The summed E-state index contributed by atoms with van der Waals surface area (Å²) in [6.07, 6.45) is 1.44. The molecule has 0 saturated carbocycles. The maximum atomic E-state index is 11.0. The van der Waals surface area contributed by atoms with Crippen LogP contribution in [0.4, 0.5) is 0 Å². The Kier molecular flexibility index (Phi) is 3.72. The van der Waals surface area contributed by atoms with Gasteiger partial charge < -0.3 is 23.7 Å². The first-order valence-electron chi connectivity index (χ1n) is 5.77. The molecule has 2 rings (SSSR count). The van der Waals surface area contributed by atoms with Crippen molar-refractivity contribution in [3.05, 3.63) is 12.2 Å². The Bertz CT molecular complexity index is 350. The number of carbonyl (C=O) groups excluding carboxylic acids is 1. The van der Waals surface area contributed by atoms with Crippen LogP contribution in [0.15, 0.2) is 12.2 Å². The first-order chi connectivity index (χ1) is 8.46. The molecule has 2 aliphatic heterocycles. The molecule has 0 amide bonds. The van der Waals surface area contributed by atoms with Crippen LogP contribution in [0.25, 0.3) is 0 Å². The number of ether oxygens (including phenoxy) is 5. The zero-order chi connectivity index (χ0) is 13.3. The lowest BCUT2D eigenvalue weighted by Gasteiger charge is -2.23. The van der Waals surface area contributed by atoms with E-state index in [0.29, 0.717) is 0 Å². The van der Waals surface area contributed by atoms with Crippen LogP contribution in [0.2, 0.25) is 0 Å². The number of hydrogen-bond donors (Lipinski definition) is 0. The van der Waals surface area contributed by atoms with E-state index in [1.54, 1.807) is 13.2 Å². The van der Waals surface area contributed by atoms with E-state index in [1.807, 2.05) is 13.8 Å². The first-order valence-corrected chi connectivity index (χ1v) is 5.77. The Hall–Kier alpha value is -0.950. The first kappa shape index (κ1) is 13.5. The predicted octanol–water partition coefficient (Wildman–Crippen LogP) is 0.607. The second-order valence-electron chi connectivity index (χ2n) is 4.65. The molecule has 102 valence electrons. The number of fused-ring (bicyclic) bond motifs is 1. The average molecular weight is 258 g/mol. The van der Waals surface area contributed by atoms with E-state index in [9.17, 15) is 4.79 Å². The topological polar surface area (TPSA) is 63.2 Å². The van der Waals surface area contributed by atoms with Crippen molar-refractivity contribution >= 4 is 5.97 Å². The van der Waals surface area contributed by atoms with E-state index in [1.165, 1.54) is 13.2 Å². The fourth-order valence-electron chi connectivity index (χ4n) is 2.17. The van der Waals surface area contributed by atoms with Gasteiger partial charge in [-0.1, -0.05) is 0 Å². The predicted molar refractivity (Wildman–Crippen MR) is 60.7 cm³/mol. The van der Waals surface area contributed by atoms with Crippen LogP contribution < -0.4 is 0 Å². The van der Waals surface area contributed by atoms with E-state index in [2.05, 4.69) is 4.74 Å². The lowest BCUT2D eigenvalue weighted by atomic mass is 10.1. The van der Waals surface area contributed by atoms with E-state index in [0.717, 1.165) is 0 Å². The molecule has 2 fully saturated rings. The Morgan fingerprint density at radius 2 is 2.00 bits per heavy atom. The van der Waals surface area contributed by atoms with Crippen LogP contribution in [0.3, 0.4) is 0 Å². The van der Waals surface area contributed by atoms with Crippen LogP contribution in [0, 0.1) is 0 Å². The van der Waals surface area contributed by atoms with Gasteiger partial charge in [-0.3, -0.25) is 0 Å². The van der Waals surface area contributed by atoms with Crippen molar-refractivity contribution in [2.45, 2.75) is 44.2 Å². The van der Waals surface area contributed by atoms with Gasteiger partial charge in [0, 0.05) is 13.2 Å². The van der Waals surface area contributed by atoms with Crippen molar-refractivity contribution in [3.63, 3.8) is 0 Å². The third-order valence-electron chi connectivity index (χ3n) is 2.92. The summed E-state index contributed by atoms with van der Waals surface area (Å²) in [6, 6.07) is 0. The Labute approximate surface area is 106 Å². The molecule has 0 bridgehead atoms. The second-order valence-corrected chi connectivity index (χ2v) is 4.65. The fraction of sp³-hybridized carbons (Fsp3) is 0.750. The van der Waals surface area contributed by atoms with Gasteiger partial charge in [0.2, 0.25) is 0 Å². The maximum Gasteiger partial charge on any atom is 0.330 e. The van der Waals surface area contributed by atoms with Gasteiger partial charge in [0.1, 0.15) is 18.3 Å². The molecule has 6 nitrogen and oxygen atoms in total. The normalized spacial score (nSPS) is 38.0. The summed E-state index contributed by atoms with van der Waals surface area (Å²) in [7, 11) is 2.89. The van der Waals surface area contributed by atoms with Crippen molar-refractivity contribution in [3.8, 4) is 0 Å². The Morgan fingerprint density at radius 1 is 1.28 bits per heavy atom. The molecular weight excluding hydrogens is 240 g/mol. The zero-order valence-corrected chi connectivity index (χ0v) is 10.9. The zero-order valence-electron chi connectivity index (χ0n) is 10.9. The highest BCUT2D eigenvalue weighted by Gasteiger charge is 2.54. The van der Waals surface area contributed by atoms with Gasteiger partial charge >= 0.3 is 5.97 Å².